The highest BCUT2D eigenvalue weighted by Crippen LogP contribution is 2.39. The molecule has 2 heterocycles. The van der Waals surface area contributed by atoms with Gasteiger partial charge in [-0.3, -0.25) is 4.79 Å². The Labute approximate surface area is 129 Å². The predicted molar refractivity (Wildman–Crippen MR) is 86.1 cm³/mol. The van der Waals surface area contributed by atoms with Gasteiger partial charge in [-0.1, -0.05) is 19.8 Å². The number of likely N-dealkylation sites (tertiary alicyclic amines) is 1. The van der Waals surface area contributed by atoms with E-state index >= 15 is 0 Å². The van der Waals surface area contributed by atoms with Crippen LogP contribution in [0, 0.1) is 17.8 Å². The van der Waals surface area contributed by atoms with Crippen molar-refractivity contribution in [3.8, 4) is 0 Å². The van der Waals surface area contributed by atoms with E-state index < -0.39 is 0 Å². The molecule has 1 saturated carbocycles. The number of fused-ring (bicyclic) bond motifs is 1. The SMILES string of the molecule is CC1CCN(C(=O)CCC2CCNCC2)C2CCCCC12. The fraction of sp³-hybridized carbons (Fsp3) is 0.944. The number of carbonyl (C=O) groups excluding carboxylic acids is 1. The Morgan fingerprint density at radius 3 is 2.67 bits per heavy atom. The first kappa shape index (κ1) is 15.3. The molecule has 3 nitrogen and oxygen atoms in total. The van der Waals surface area contributed by atoms with Gasteiger partial charge in [0.25, 0.3) is 0 Å². The molecular formula is C18H32N2O. The van der Waals surface area contributed by atoms with Gasteiger partial charge < -0.3 is 10.2 Å². The van der Waals surface area contributed by atoms with E-state index in [1.807, 2.05) is 0 Å². The molecule has 0 aromatic carbocycles. The van der Waals surface area contributed by atoms with Gasteiger partial charge in [-0.05, 0) is 69.4 Å². The lowest BCUT2D eigenvalue weighted by molar-refractivity contribution is -0.139. The maximum absolute atomic E-state index is 12.7. The highest BCUT2D eigenvalue weighted by molar-refractivity contribution is 5.76. The Bertz CT molecular complexity index is 351. The van der Waals surface area contributed by atoms with Crippen LogP contribution in [-0.2, 0) is 4.79 Å². The molecule has 3 unspecified atom stereocenters. The van der Waals surface area contributed by atoms with Crippen molar-refractivity contribution < 1.29 is 4.79 Å². The van der Waals surface area contributed by atoms with Crippen molar-refractivity contribution in [2.45, 2.75) is 70.8 Å². The molecule has 3 atom stereocenters. The average molecular weight is 292 g/mol. The normalized spacial score (nSPS) is 34.5. The molecule has 120 valence electrons. The lowest BCUT2D eigenvalue weighted by atomic mass is 9.72. The zero-order valence-corrected chi connectivity index (χ0v) is 13.7. The van der Waals surface area contributed by atoms with Crippen LogP contribution in [-0.4, -0.2) is 36.5 Å². The molecule has 3 rings (SSSR count). The number of amides is 1. The fourth-order valence-corrected chi connectivity index (χ4v) is 4.86. The van der Waals surface area contributed by atoms with Gasteiger partial charge in [0, 0.05) is 19.0 Å². The third-order valence-electron chi connectivity index (χ3n) is 6.28. The summed E-state index contributed by atoms with van der Waals surface area (Å²) in [5.74, 6) is 2.84. The summed E-state index contributed by atoms with van der Waals surface area (Å²) < 4.78 is 0. The van der Waals surface area contributed by atoms with Crippen molar-refractivity contribution in [1.82, 2.24) is 10.2 Å². The standard InChI is InChI=1S/C18H32N2O/c1-14-10-13-20(17-5-3-2-4-16(14)17)18(21)7-6-15-8-11-19-12-9-15/h14-17,19H,2-13H2,1H3. The van der Waals surface area contributed by atoms with Crippen LogP contribution in [0.3, 0.4) is 0 Å². The highest BCUT2D eigenvalue weighted by Gasteiger charge is 2.39. The summed E-state index contributed by atoms with van der Waals surface area (Å²) in [6.45, 7) is 5.71. The second kappa shape index (κ2) is 7.13. The molecule has 0 aromatic heterocycles. The van der Waals surface area contributed by atoms with Gasteiger partial charge in [-0.15, -0.1) is 0 Å². The van der Waals surface area contributed by atoms with Gasteiger partial charge in [0.1, 0.15) is 0 Å². The summed E-state index contributed by atoms with van der Waals surface area (Å²) in [4.78, 5) is 15.0. The second-order valence-corrected chi connectivity index (χ2v) is 7.60. The molecule has 3 aliphatic rings. The van der Waals surface area contributed by atoms with Gasteiger partial charge in [0.15, 0.2) is 0 Å². The number of nitrogens with zero attached hydrogens (tertiary/aromatic N) is 1. The van der Waals surface area contributed by atoms with E-state index in [0.29, 0.717) is 11.9 Å². The van der Waals surface area contributed by atoms with Gasteiger partial charge in [0.2, 0.25) is 5.91 Å². The summed E-state index contributed by atoms with van der Waals surface area (Å²) in [5.41, 5.74) is 0. The number of hydrogen-bond acceptors (Lipinski definition) is 2. The number of carbonyl (C=O) groups is 1. The van der Waals surface area contributed by atoms with Crippen LogP contribution in [0.1, 0.15) is 64.7 Å². The van der Waals surface area contributed by atoms with E-state index in [1.54, 1.807) is 0 Å². The van der Waals surface area contributed by atoms with E-state index in [1.165, 1.54) is 44.9 Å². The summed E-state index contributed by atoms with van der Waals surface area (Å²) >= 11 is 0. The second-order valence-electron chi connectivity index (χ2n) is 7.60. The molecule has 1 N–H and O–H groups in total. The number of piperidine rings is 2. The van der Waals surface area contributed by atoms with E-state index in [9.17, 15) is 4.79 Å². The Morgan fingerprint density at radius 2 is 1.86 bits per heavy atom. The topological polar surface area (TPSA) is 32.3 Å². The Morgan fingerprint density at radius 1 is 1.10 bits per heavy atom. The first-order valence-corrected chi connectivity index (χ1v) is 9.26. The molecule has 3 heteroatoms. The summed E-state index contributed by atoms with van der Waals surface area (Å²) in [6.07, 6.45) is 11.0. The van der Waals surface area contributed by atoms with Gasteiger partial charge in [0.05, 0.1) is 0 Å². The van der Waals surface area contributed by atoms with Crippen LogP contribution in [0.5, 0.6) is 0 Å². The summed E-state index contributed by atoms with van der Waals surface area (Å²) in [5, 5.41) is 3.41. The first-order valence-electron chi connectivity index (χ1n) is 9.26. The smallest absolute Gasteiger partial charge is 0.222 e. The molecule has 1 aliphatic carbocycles. The molecule has 2 aliphatic heterocycles. The molecule has 0 bridgehead atoms. The van der Waals surface area contributed by atoms with E-state index in [0.717, 1.165) is 50.2 Å². The van der Waals surface area contributed by atoms with Gasteiger partial charge in [-0.25, -0.2) is 0 Å². The molecule has 0 radical (unpaired) electrons. The summed E-state index contributed by atoms with van der Waals surface area (Å²) in [6, 6.07) is 0.572. The van der Waals surface area contributed by atoms with Crippen LogP contribution in [0.2, 0.25) is 0 Å². The van der Waals surface area contributed by atoms with E-state index in [2.05, 4.69) is 17.1 Å². The average Bonchev–Trinajstić information content (AvgIpc) is 2.54. The fourth-order valence-electron chi connectivity index (χ4n) is 4.86. The lowest BCUT2D eigenvalue weighted by Gasteiger charge is -2.47. The quantitative estimate of drug-likeness (QED) is 0.866. The lowest BCUT2D eigenvalue weighted by Crippen LogP contribution is -2.52. The molecule has 1 amide bonds. The van der Waals surface area contributed by atoms with Crippen LogP contribution < -0.4 is 5.32 Å². The third-order valence-corrected chi connectivity index (χ3v) is 6.28. The molecule has 0 spiro atoms. The molecule has 21 heavy (non-hydrogen) atoms. The Kier molecular flexibility index (Phi) is 5.20. The van der Waals surface area contributed by atoms with Crippen LogP contribution in [0.25, 0.3) is 0 Å². The maximum Gasteiger partial charge on any atom is 0.222 e. The predicted octanol–water partition coefficient (Wildman–Crippen LogP) is 3.19. The number of rotatable bonds is 3. The van der Waals surface area contributed by atoms with Crippen molar-refractivity contribution in [2.24, 2.45) is 17.8 Å². The Balaban J connectivity index is 1.53. The largest absolute Gasteiger partial charge is 0.339 e. The highest BCUT2D eigenvalue weighted by atomic mass is 16.2. The monoisotopic (exact) mass is 292 g/mol. The van der Waals surface area contributed by atoms with Crippen LogP contribution >= 0.6 is 0 Å². The van der Waals surface area contributed by atoms with Crippen molar-refractivity contribution in [1.29, 1.82) is 0 Å². The number of hydrogen-bond donors (Lipinski definition) is 1. The van der Waals surface area contributed by atoms with Crippen molar-refractivity contribution in [2.75, 3.05) is 19.6 Å². The van der Waals surface area contributed by atoms with Crippen molar-refractivity contribution in [3.05, 3.63) is 0 Å². The maximum atomic E-state index is 12.7. The number of nitrogens with one attached hydrogen (secondary N) is 1. The summed E-state index contributed by atoms with van der Waals surface area (Å²) in [7, 11) is 0. The third kappa shape index (κ3) is 3.61. The minimum atomic E-state index is 0.456. The minimum absolute atomic E-state index is 0.456. The zero-order chi connectivity index (χ0) is 14.7. The first-order chi connectivity index (χ1) is 10.3. The Hall–Kier alpha value is -0.570. The zero-order valence-electron chi connectivity index (χ0n) is 13.7. The molecule has 3 fully saturated rings. The van der Waals surface area contributed by atoms with Gasteiger partial charge >= 0.3 is 0 Å². The van der Waals surface area contributed by atoms with E-state index in [-0.39, 0.29) is 0 Å². The van der Waals surface area contributed by atoms with Crippen molar-refractivity contribution in [3.63, 3.8) is 0 Å². The van der Waals surface area contributed by atoms with Gasteiger partial charge in [-0.2, -0.15) is 0 Å². The molecular weight excluding hydrogens is 260 g/mol. The molecule has 2 saturated heterocycles. The van der Waals surface area contributed by atoms with Crippen LogP contribution in [0.15, 0.2) is 0 Å². The van der Waals surface area contributed by atoms with Crippen LogP contribution in [0.4, 0.5) is 0 Å². The van der Waals surface area contributed by atoms with Crippen molar-refractivity contribution >= 4 is 5.91 Å². The molecule has 0 aromatic rings. The van der Waals surface area contributed by atoms with E-state index in [4.69, 9.17) is 0 Å². The minimum Gasteiger partial charge on any atom is -0.339 e.